The highest BCUT2D eigenvalue weighted by Crippen LogP contribution is 2.17. The van der Waals surface area contributed by atoms with E-state index in [2.05, 4.69) is 30.4 Å². The van der Waals surface area contributed by atoms with Gasteiger partial charge >= 0.3 is 6.61 Å². The van der Waals surface area contributed by atoms with Crippen molar-refractivity contribution in [3.63, 3.8) is 0 Å². The molecule has 1 saturated heterocycles. The van der Waals surface area contributed by atoms with Crippen molar-refractivity contribution in [2.45, 2.75) is 33.5 Å². The van der Waals surface area contributed by atoms with Crippen LogP contribution >= 0.6 is 0 Å². The second kappa shape index (κ2) is 5.89. The van der Waals surface area contributed by atoms with Gasteiger partial charge in [-0.2, -0.15) is 8.78 Å². The molecule has 5 heteroatoms. The molecule has 0 aromatic carbocycles. The van der Waals surface area contributed by atoms with E-state index in [1.54, 1.807) is 0 Å². The van der Waals surface area contributed by atoms with Crippen LogP contribution in [-0.4, -0.2) is 50.5 Å². The third-order valence-corrected chi connectivity index (χ3v) is 2.33. The van der Waals surface area contributed by atoms with Crippen molar-refractivity contribution in [1.29, 1.82) is 0 Å². The van der Waals surface area contributed by atoms with Gasteiger partial charge in [-0.15, -0.1) is 0 Å². The molecular formula is C11H21F2NO2. The average Bonchev–Trinajstić information content (AvgIpc) is 2.12. The van der Waals surface area contributed by atoms with Gasteiger partial charge in [-0.1, -0.05) is 20.8 Å². The summed E-state index contributed by atoms with van der Waals surface area (Å²) in [6.07, 6.45) is -0.231. The van der Waals surface area contributed by atoms with Gasteiger partial charge in [0.1, 0.15) is 0 Å². The van der Waals surface area contributed by atoms with Crippen LogP contribution in [0.5, 0.6) is 0 Å². The Morgan fingerprint density at radius 1 is 1.44 bits per heavy atom. The zero-order valence-corrected chi connectivity index (χ0v) is 10.2. The van der Waals surface area contributed by atoms with Gasteiger partial charge in [0.15, 0.2) is 0 Å². The van der Waals surface area contributed by atoms with Gasteiger partial charge in [-0.25, -0.2) is 0 Å². The van der Waals surface area contributed by atoms with Gasteiger partial charge in [-0.3, -0.25) is 4.90 Å². The first kappa shape index (κ1) is 13.8. The number of hydrogen-bond donors (Lipinski definition) is 0. The fourth-order valence-corrected chi connectivity index (χ4v) is 1.88. The number of morpholine rings is 1. The van der Waals surface area contributed by atoms with Gasteiger partial charge in [-0.05, 0) is 5.41 Å². The van der Waals surface area contributed by atoms with Crippen molar-refractivity contribution in [3.05, 3.63) is 0 Å². The molecule has 0 N–H and O–H groups in total. The first-order chi connectivity index (χ1) is 7.37. The number of nitrogens with zero attached hydrogens (tertiary/aromatic N) is 1. The average molecular weight is 237 g/mol. The van der Waals surface area contributed by atoms with E-state index in [-0.39, 0.29) is 18.1 Å². The third kappa shape index (κ3) is 5.72. The summed E-state index contributed by atoms with van der Waals surface area (Å²) in [5, 5.41) is 0. The van der Waals surface area contributed by atoms with Crippen LogP contribution in [0.25, 0.3) is 0 Å². The maximum absolute atomic E-state index is 11.9. The number of hydrogen-bond acceptors (Lipinski definition) is 3. The highest BCUT2D eigenvalue weighted by Gasteiger charge is 2.24. The molecule has 0 bridgehead atoms. The van der Waals surface area contributed by atoms with Crippen molar-refractivity contribution < 1.29 is 18.3 Å². The van der Waals surface area contributed by atoms with Crippen LogP contribution in [0.3, 0.4) is 0 Å². The van der Waals surface area contributed by atoms with E-state index in [1.807, 2.05) is 0 Å². The first-order valence-corrected chi connectivity index (χ1v) is 5.60. The summed E-state index contributed by atoms with van der Waals surface area (Å²) in [7, 11) is 0. The molecule has 1 heterocycles. The summed E-state index contributed by atoms with van der Waals surface area (Å²) in [5.41, 5.74) is 0.214. The van der Waals surface area contributed by atoms with Gasteiger partial charge in [0, 0.05) is 19.6 Å². The Labute approximate surface area is 95.7 Å². The van der Waals surface area contributed by atoms with Gasteiger partial charge in [0.2, 0.25) is 0 Å². The second-order valence-electron chi connectivity index (χ2n) is 5.38. The molecule has 1 atom stereocenters. The minimum Gasteiger partial charge on any atom is -0.373 e. The maximum atomic E-state index is 11.9. The van der Waals surface area contributed by atoms with Gasteiger partial charge in [0.05, 0.1) is 19.3 Å². The Hall–Kier alpha value is -0.260. The maximum Gasteiger partial charge on any atom is 0.345 e. The monoisotopic (exact) mass is 237 g/mol. The molecule has 96 valence electrons. The van der Waals surface area contributed by atoms with E-state index in [1.165, 1.54) is 0 Å². The van der Waals surface area contributed by atoms with E-state index in [0.717, 1.165) is 13.1 Å². The molecule has 1 rings (SSSR count). The fraction of sp³-hybridized carbons (Fsp3) is 1.00. The van der Waals surface area contributed by atoms with E-state index in [4.69, 9.17) is 4.74 Å². The lowest BCUT2D eigenvalue weighted by molar-refractivity contribution is -0.166. The molecule has 1 unspecified atom stereocenters. The lowest BCUT2D eigenvalue weighted by Crippen LogP contribution is -2.47. The molecule has 0 aromatic heterocycles. The molecule has 1 aliphatic heterocycles. The van der Waals surface area contributed by atoms with E-state index < -0.39 is 6.61 Å². The number of halogens is 2. The van der Waals surface area contributed by atoms with Crippen molar-refractivity contribution in [3.8, 4) is 0 Å². The van der Waals surface area contributed by atoms with Crippen LogP contribution < -0.4 is 0 Å². The van der Waals surface area contributed by atoms with Crippen molar-refractivity contribution in [2.75, 3.05) is 32.8 Å². The summed E-state index contributed by atoms with van der Waals surface area (Å²) in [6, 6.07) is 0. The summed E-state index contributed by atoms with van der Waals surface area (Å²) < 4.78 is 33.4. The lowest BCUT2D eigenvalue weighted by atomic mass is 9.96. The van der Waals surface area contributed by atoms with Crippen molar-refractivity contribution in [1.82, 2.24) is 4.90 Å². The standard InChI is InChI=1S/C11H21F2NO2/c1-11(2,3)8-14-4-5-15-9(6-14)7-16-10(12)13/h9-10H,4-8H2,1-3H3. The quantitative estimate of drug-likeness (QED) is 0.746. The van der Waals surface area contributed by atoms with Gasteiger partial charge in [0.25, 0.3) is 0 Å². The Kier molecular flexibility index (Phi) is 5.08. The first-order valence-electron chi connectivity index (χ1n) is 5.60. The van der Waals surface area contributed by atoms with Crippen LogP contribution in [0.4, 0.5) is 8.78 Å². The van der Waals surface area contributed by atoms with Gasteiger partial charge < -0.3 is 9.47 Å². The molecule has 3 nitrogen and oxygen atoms in total. The summed E-state index contributed by atoms with van der Waals surface area (Å²) >= 11 is 0. The lowest BCUT2D eigenvalue weighted by Gasteiger charge is -2.36. The zero-order chi connectivity index (χ0) is 12.2. The highest BCUT2D eigenvalue weighted by atomic mass is 19.3. The van der Waals surface area contributed by atoms with Crippen molar-refractivity contribution >= 4 is 0 Å². The molecule has 0 aromatic rings. The number of alkyl halides is 2. The summed E-state index contributed by atoms with van der Waals surface area (Å²) in [6.45, 7) is 6.81. The molecule has 16 heavy (non-hydrogen) atoms. The number of rotatable bonds is 4. The van der Waals surface area contributed by atoms with E-state index >= 15 is 0 Å². The SMILES string of the molecule is CC(C)(C)CN1CCOC(COC(F)F)C1. The van der Waals surface area contributed by atoms with Crippen LogP contribution in [0.2, 0.25) is 0 Å². The molecule has 0 amide bonds. The summed E-state index contributed by atoms with van der Waals surface area (Å²) in [5.74, 6) is 0. The second-order valence-corrected chi connectivity index (χ2v) is 5.38. The molecular weight excluding hydrogens is 216 g/mol. The molecule has 0 aliphatic carbocycles. The molecule has 0 radical (unpaired) electrons. The minimum absolute atomic E-state index is 0.0295. The van der Waals surface area contributed by atoms with Crippen molar-refractivity contribution in [2.24, 2.45) is 5.41 Å². The predicted molar refractivity (Wildman–Crippen MR) is 57.6 cm³/mol. The van der Waals surface area contributed by atoms with Crippen LogP contribution in [0, 0.1) is 5.41 Å². The Bertz CT molecular complexity index is 207. The van der Waals surface area contributed by atoms with Crippen LogP contribution in [0.15, 0.2) is 0 Å². The Morgan fingerprint density at radius 2 is 2.12 bits per heavy atom. The normalized spacial score (nSPS) is 24.0. The largest absolute Gasteiger partial charge is 0.373 e. The molecule has 0 spiro atoms. The fourth-order valence-electron chi connectivity index (χ4n) is 1.88. The Balaban J connectivity index is 2.30. The van der Waals surface area contributed by atoms with Crippen LogP contribution in [-0.2, 0) is 9.47 Å². The zero-order valence-electron chi connectivity index (χ0n) is 10.2. The minimum atomic E-state index is -2.71. The predicted octanol–water partition coefficient (Wildman–Crippen LogP) is 1.97. The van der Waals surface area contributed by atoms with E-state index in [9.17, 15) is 8.78 Å². The van der Waals surface area contributed by atoms with Crippen LogP contribution in [0.1, 0.15) is 20.8 Å². The molecule has 1 fully saturated rings. The molecule has 0 saturated carbocycles. The molecule has 1 aliphatic rings. The third-order valence-electron chi connectivity index (χ3n) is 2.33. The number of ether oxygens (including phenoxy) is 2. The smallest absolute Gasteiger partial charge is 0.345 e. The topological polar surface area (TPSA) is 21.7 Å². The van der Waals surface area contributed by atoms with E-state index in [0.29, 0.717) is 13.2 Å². The summed E-state index contributed by atoms with van der Waals surface area (Å²) in [4.78, 5) is 2.24. The highest BCUT2D eigenvalue weighted by molar-refractivity contribution is 4.75. The Morgan fingerprint density at radius 3 is 2.69 bits per heavy atom.